The topological polar surface area (TPSA) is 98.5 Å². The van der Waals surface area contributed by atoms with Gasteiger partial charge in [-0.05, 0) is 55.0 Å². The van der Waals surface area contributed by atoms with Crippen LogP contribution < -0.4 is 5.32 Å². The van der Waals surface area contributed by atoms with Crippen LogP contribution in [0.3, 0.4) is 0 Å². The van der Waals surface area contributed by atoms with Crippen molar-refractivity contribution < 1.29 is 4.79 Å². The van der Waals surface area contributed by atoms with E-state index >= 15 is 0 Å². The number of nitrogens with zero attached hydrogens (tertiary/aromatic N) is 6. The molecule has 2 heterocycles. The highest BCUT2D eigenvalue weighted by molar-refractivity contribution is 7.98. The molecule has 0 saturated heterocycles. The van der Waals surface area contributed by atoms with Crippen molar-refractivity contribution in [1.82, 2.24) is 30.4 Å². The monoisotopic (exact) mass is 437 g/mol. The van der Waals surface area contributed by atoms with E-state index in [0.717, 1.165) is 27.5 Å². The van der Waals surface area contributed by atoms with Crippen LogP contribution in [0.4, 0.5) is 5.69 Å². The molecular formula is C20H19N7OS2. The molecule has 0 saturated carbocycles. The van der Waals surface area contributed by atoms with E-state index in [1.807, 2.05) is 57.2 Å². The number of carbonyl (C=O) groups is 1. The smallest absolute Gasteiger partial charge is 0.286 e. The maximum Gasteiger partial charge on any atom is 0.286 e. The summed E-state index contributed by atoms with van der Waals surface area (Å²) in [5.74, 6) is 0.244. The van der Waals surface area contributed by atoms with Crippen LogP contribution in [0.1, 0.15) is 31.5 Å². The number of carbonyl (C=O) groups excluding carboxylic acids is 1. The number of hydrogen-bond acceptors (Lipinski definition) is 8. The highest BCUT2D eigenvalue weighted by Gasteiger charge is 2.16. The fourth-order valence-electron chi connectivity index (χ4n) is 2.81. The van der Waals surface area contributed by atoms with Crippen molar-refractivity contribution in [2.24, 2.45) is 0 Å². The molecule has 0 fully saturated rings. The molecule has 0 unspecified atom stereocenters. The van der Waals surface area contributed by atoms with Gasteiger partial charge in [0.2, 0.25) is 10.2 Å². The van der Waals surface area contributed by atoms with E-state index in [4.69, 9.17) is 0 Å². The van der Waals surface area contributed by atoms with Gasteiger partial charge in [-0.2, -0.15) is 4.68 Å². The van der Waals surface area contributed by atoms with Crippen LogP contribution in [0.25, 0.3) is 5.69 Å². The normalized spacial score (nSPS) is 10.9. The van der Waals surface area contributed by atoms with Gasteiger partial charge < -0.3 is 5.32 Å². The molecule has 0 spiro atoms. The maximum atomic E-state index is 12.4. The molecule has 2 aromatic heterocycles. The van der Waals surface area contributed by atoms with E-state index < -0.39 is 0 Å². The van der Waals surface area contributed by atoms with Crippen LogP contribution in [-0.2, 0) is 5.75 Å². The first-order valence-corrected chi connectivity index (χ1v) is 11.0. The highest BCUT2D eigenvalue weighted by Crippen LogP contribution is 2.26. The molecule has 0 atom stereocenters. The Morgan fingerprint density at radius 3 is 2.57 bits per heavy atom. The molecular weight excluding hydrogens is 418 g/mol. The van der Waals surface area contributed by atoms with Crippen molar-refractivity contribution in [3.05, 3.63) is 69.2 Å². The SMILES string of the molecule is Cc1ccc(NC(=O)c2nnc(CSc3nnnn3-c3ccc(C)cc3C)s2)cc1. The van der Waals surface area contributed by atoms with Crippen molar-refractivity contribution in [3.63, 3.8) is 0 Å². The number of hydrogen-bond donors (Lipinski definition) is 1. The Morgan fingerprint density at radius 2 is 1.80 bits per heavy atom. The van der Waals surface area contributed by atoms with E-state index in [-0.39, 0.29) is 5.91 Å². The zero-order chi connectivity index (χ0) is 21.1. The quantitative estimate of drug-likeness (QED) is 0.456. The summed E-state index contributed by atoms with van der Waals surface area (Å²) in [5, 5.41) is 24.7. The number of tetrazole rings is 1. The number of benzene rings is 2. The van der Waals surface area contributed by atoms with E-state index in [9.17, 15) is 4.79 Å². The summed E-state index contributed by atoms with van der Waals surface area (Å²) < 4.78 is 1.71. The second-order valence-electron chi connectivity index (χ2n) is 6.77. The molecule has 1 N–H and O–H groups in total. The van der Waals surface area contributed by atoms with Gasteiger partial charge in [0.1, 0.15) is 5.01 Å². The standard InChI is InChI=1S/C20H19N7OS2/c1-12-4-7-15(8-5-12)21-18(28)19-23-22-17(30-19)11-29-20-24-25-26-27(20)16-9-6-13(2)10-14(16)3/h4-10H,11H2,1-3H3,(H,21,28). The summed E-state index contributed by atoms with van der Waals surface area (Å²) in [6.45, 7) is 6.08. The number of amides is 1. The summed E-state index contributed by atoms with van der Waals surface area (Å²) in [5.41, 5.74) is 5.07. The average molecular weight is 438 g/mol. The number of rotatable bonds is 6. The average Bonchev–Trinajstić information content (AvgIpc) is 3.37. The maximum absolute atomic E-state index is 12.4. The predicted molar refractivity (Wildman–Crippen MR) is 117 cm³/mol. The Hall–Kier alpha value is -3.11. The van der Waals surface area contributed by atoms with Crippen molar-refractivity contribution in [1.29, 1.82) is 0 Å². The van der Waals surface area contributed by atoms with E-state index in [1.54, 1.807) is 4.68 Å². The van der Waals surface area contributed by atoms with Crippen molar-refractivity contribution >= 4 is 34.7 Å². The van der Waals surface area contributed by atoms with Gasteiger partial charge in [-0.25, -0.2) is 0 Å². The molecule has 152 valence electrons. The van der Waals surface area contributed by atoms with Gasteiger partial charge in [-0.3, -0.25) is 4.79 Å². The second kappa shape index (κ2) is 8.72. The Kier molecular flexibility index (Phi) is 5.86. The highest BCUT2D eigenvalue weighted by atomic mass is 32.2. The van der Waals surface area contributed by atoms with E-state index in [2.05, 4.69) is 37.1 Å². The minimum Gasteiger partial charge on any atom is -0.320 e. The molecule has 0 radical (unpaired) electrons. The Balaban J connectivity index is 1.42. The van der Waals surface area contributed by atoms with Crippen LogP contribution >= 0.6 is 23.1 Å². The lowest BCUT2D eigenvalue weighted by Crippen LogP contribution is -2.11. The third-order valence-electron chi connectivity index (χ3n) is 4.32. The Bertz CT molecular complexity index is 1180. The molecule has 1 amide bonds. The summed E-state index contributed by atoms with van der Waals surface area (Å²) in [4.78, 5) is 12.4. The van der Waals surface area contributed by atoms with Crippen molar-refractivity contribution in [3.8, 4) is 5.69 Å². The molecule has 4 aromatic rings. The fraction of sp³-hybridized carbons (Fsp3) is 0.200. The third kappa shape index (κ3) is 4.55. The molecule has 2 aromatic carbocycles. The predicted octanol–water partition coefficient (Wildman–Crippen LogP) is 3.98. The molecule has 10 heteroatoms. The number of nitrogens with one attached hydrogen (secondary N) is 1. The summed E-state index contributed by atoms with van der Waals surface area (Å²) in [6, 6.07) is 13.7. The van der Waals surface area contributed by atoms with Crippen LogP contribution in [0.2, 0.25) is 0 Å². The molecule has 4 rings (SSSR count). The first-order chi connectivity index (χ1) is 14.5. The van der Waals surface area contributed by atoms with Gasteiger partial charge in [0.05, 0.1) is 11.4 Å². The number of anilines is 1. The number of aryl methyl sites for hydroxylation is 3. The number of thioether (sulfide) groups is 1. The summed E-state index contributed by atoms with van der Waals surface area (Å²) in [7, 11) is 0. The third-order valence-corrected chi connectivity index (χ3v) is 6.35. The zero-order valence-corrected chi connectivity index (χ0v) is 18.3. The van der Waals surface area contributed by atoms with Crippen LogP contribution in [-0.4, -0.2) is 36.3 Å². The van der Waals surface area contributed by atoms with E-state index in [0.29, 0.717) is 15.9 Å². The first-order valence-electron chi connectivity index (χ1n) is 9.19. The van der Waals surface area contributed by atoms with Gasteiger partial charge in [0.25, 0.3) is 5.91 Å². The van der Waals surface area contributed by atoms with Gasteiger partial charge in [0, 0.05) is 5.69 Å². The zero-order valence-electron chi connectivity index (χ0n) is 16.7. The lowest BCUT2D eigenvalue weighted by molar-refractivity contribution is 0.102. The fourth-order valence-corrected chi connectivity index (χ4v) is 4.42. The lowest BCUT2D eigenvalue weighted by Gasteiger charge is -2.07. The van der Waals surface area contributed by atoms with Crippen LogP contribution in [0, 0.1) is 20.8 Å². The molecule has 0 bridgehead atoms. The van der Waals surface area contributed by atoms with Crippen LogP contribution in [0.5, 0.6) is 0 Å². The van der Waals surface area contributed by atoms with Crippen LogP contribution in [0.15, 0.2) is 47.6 Å². The largest absolute Gasteiger partial charge is 0.320 e. The first kappa shape index (κ1) is 20.2. The van der Waals surface area contributed by atoms with Crippen molar-refractivity contribution in [2.45, 2.75) is 31.7 Å². The summed E-state index contributed by atoms with van der Waals surface area (Å²) in [6.07, 6.45) is 0. The molecule has 0 aliphatic carbocycles. The molecule has 30 heavy (non-hydrogen) atoms. The minimum atomic E-state index is -0.271. The Labute approximate surface area is 181 Å². The minimum absolute atomic E-state index is 0.271. The van der Waals surface area contributed by atoms with Gasteiger partial charge >= 0.3 is 0 Å². The lowest BCUT2D eigenvalue weighted by atomic mass is 10.1. The van der Waals surface area contributed by atoms with Gasteiger partial charge in [-0.15, -0.1) is 15.3 Å². The number of aromatic nitrogens is 6. The molecule has 0 aliphatic heterocycles. The van der Waals surface area contributed by atoms with Crippen molar-refractivity contribution in [2.75, 3.05) is 5.32 Å². The van der Waals surface area contributed by atoms with E-state index in [1.165, 1.54) is 28.7 Å². The summed E-state index contributed by atoms with van der Waals surface area (Å²) >= 11 is 2.71. The second-order valence-corrected chi connectivity index (χ2v) is 8.78. The van der Waals surface area contributed by atoms with Gasteiger partial charge in [-0.1, -0.05) is 58.5 Å². The molecule has 0 aliphatic rings. The van der Waals surface area contributed by atoms with Gasteiger partial charge in [0.15, 0.2) is 0 Å². The Morgan fingerprint density at radius 1 is 1.03 bits per heavy atom. The molecule has 8 nitrogen and oxygen atoms in total.